The van der Waals surface area contributed by atoms with E-state index in [1.54, 1.807) is 29.1 Å². The van der Waals surface area contributed by atoms with Gasteiger partial charge in [-0.15, -0.1) is 0 Å². The maximum absolute atomic E-state index is 12.4. The second kappa shape index (κ2) is 7.56. The molecule has 1 fully saturated rings. The Morgan fingerprint density at radius 3 is 2.64 bits per heavy atom. The van der Waals surface area contributed by atoms with Gasteiger partial charge in [0.2, 0.25) is 0 Å². The lowest BCUT2D eigenvalue weighted by Crippen LogP contribution is -2.40. The highest BCUT2D eigenvalue weighted by molar-refractivity contribution is 9.10. The molecule has 2 aromatic heterocycles. The highest BCUT2D eigenvalue weighted by atomic mass is 79.9. The van der Waals surface area contributed by atoms with Gasteiger partial charge in [-0.1, -0.05) is 13.8 Å². The van der Waals surface area contributed by atoms with Gasteiger partial charge in [-0.05, 0) is 52.7 Å². The number of rotatable bonds is 4. The fourth-order valence-corrected chi connectivity index (χ4v) is 3.38. The number of hydrogen-bond acceptors (Lipinski definition) is 4. The molecule has 134 valence electrons. The lowest BCUT2D eigenvalue weighted by molar-refractivity contribution is 0.0649. The number of halogens is 1. The molecule has 1 amide bonds. The van der Waals surface area contributed by atoms with Gasteiger partial charge in [-0.25, -0.2) is 4.98 Å². The van der Waals surface area contributed by atoms with E-state index in [0.29, 0.717) is 36.0 Å². The molecule has 7 heteroatoms. The lowest BCUT2D eigenvalue weighted by Gasteiger charge is -2.31. The Morgan fingerprint density at radius 2 is 2.08 bits per heavy atom. The van der Waals surface area contributed by atoms with Crippen molar-refractivity contribution < 1.29 is 9.21 Å². The van der Waals surface area contributed by atoms with Gasteiger partial charge in [-0.3, -0.25) is 14.2 Å². The second-order valence-corrected chi connectivity index (χ2v) is 7.58. The van der Waals surface area contributed by atoms with E-state index in [1.165, 1.54) is 0 Å². The molecule has 0 spiro atoms. The first-order valence-corrected chi connectivity index (χ1v) is 9.34. The molecule has 0 saturated carbocycles. The van der Waals surface area contributed by atoms with Crippen molar-refractivity contribution in [3.05, 3.63) is 51.0 Å². The predicted octanol–water partition coefficient (Wildman–Crippen LogP) is 3.27. The number of likely N-dealkylation sites (tertiary alicyclic amines) is 1. The molecule has 6 nitrogen and oxygen atoms in total. The van der Waals surface area contributed by atoms with E-state index in [-0.39, 0.29) is 17.4 Å². The first-order valence-electron chi connectivity index (χ1n) is 8.55. The summed E-state index contributed by atoms with van der Waals surface area (Å²) < 4.78 is 7.58. The number of hydrogen-bond donors (Lipinski definition) is 0. The average Bonchev–Trinajstić information content (AvgIpc) is 3.03. The molecule has 2 aromatic rings. The van der Waals surface area contributed by atoms with Crippen LogP contribution in [0.25, 0.3) is 0 Å². The van der Waals surface area contributed by atoms with Crippen LogP contribution in [-0.2, 0) is 6.54 Å². The summed E-state index contributed by atoms with van der Waals surface area (Å²) in [5.41, 5.74) is 0.823. The molecule has 25 heavy (non-hydrogen) atoms. The zero-order valence-electron chi connectivity index (χ0n) is 14.4. The third kappa shape index (κ3) is 4.21. The quantitative estimate of drug-likeness (QED) is 0.779. The third-order valence-corrected chi connectivity index (χ3v) is 5.06. The molecule has 0 aromatic carbocycles. The number of aromatic nitrogens is 2. The van der Waals surface area contributed by atoms with Crippen molar-refractivity contribution in [3.8, 4) is 0 Å². The number of furan rings is 1. The van der Waals surface area contributed by atoms with Crippen LogP contribution in [0, 0.1) is 5.92 Å². The molecule has 0 unspecified atom stereocenters. The van der Waals surface area contributed by atoms with Gasteiger partial charge >= 0.3 is 0 Å². The van der Waals surface area contributed by atoms with Gasteiger partial charge < -0.3 is 9.32 Å². The summed E-state index contributed by atoms with van der Waals surface area (Å²) in [5.74, 6) is 0.898. The Bertz CT molecular complexity index is 804. The fourth-order valence-electron chi connectivity index (χ4n) is 3.07. The van der Waals surface area contributed by atoms with Crippen LogP contribution < -0.4 is 5.56 Å². The van der Waals surface area contributed by atoms with Crippen LogP contribution in [0.2, 0.25) is 0 Å². The van der Waals surface area contributed by atoms with E-state index in [0.717, 1.165) is 18.5 Å². The number of piperidine rings is 1. The van der Waals surface area contributed by atoms with Gasteiger partial charge in [0.05, 0.1) is 12.0 Å². The Labute approximate surface area is 155 Å². The molecular weight excluding hydrogens is 386 g/mol. The topological polar surface area (TPSA) is 68.3 Å². The van der Waals surface area contributed by atoms with Crippen molar-refractivity contribution >= 4 is 21.8 Å². The SMILES string of the molecule is CC(C)c1cc(=O)n(CC2CCN(C(=O)c3ccc(Br)o3)CC2)cn1. The number of nitrogens with zero attached hydrogens (tertiary/aromatic N) is 3. The summed E-state index contributed by atoms with van der Waals surface area (Å²) in [6, 6.07) is 5.03. The van der Waals surface area contributed by atoms with E-state index in [4.69, 9.17) is 4.42 Å². The lowest BCUT2D eigenvalue weighted by atomic mass is 9.96. The normalized spacial score (nSPS) is 15.8. The molecule has 0 radical (unpaired) electrons. The molecule has 1 aliphatic rings. The van der Waals surface area contributed by atoms with Gasteiger partial charge in [-0.2, -0.15) is 0 Å². The molecule has 0 aliphatic carbocycles. The van der Waals surface area contributed by atoms with E-state index in [2.05, 4.69) is 20.9 Å². The smallest absolute Gasteiger partial charge is 0.289 e. The molecule has 3 heterocycles. The van der Waals surface area contributed by atoms with Crippen LogP contribution >= 0.6 is 15.9 Å². The van der Waals surface area contributed by atoms with Crippen LogP contribution in [-0.4, -0.2) is 33.4 Å². The monoisotopic (exact) mass is 407 g/mol. The zero-order chi connectivity index (χ0) is 18.0. The maximum atomic E-state index is 12.4. The van der Waals surface area contributed by atoms with Crippen LogP contribution in [0.3, 0.4) is 0 Å². The highest BCUT2D eigenvalue weighted by Gasteiger charge is 2.25. The molecule has 1 aliphatic heterocycles. The van der Waals surface area contributed by atoms with E-state index in [1.807, 2.05) is 18.7 Å². The van der Waals surface area contributed by atoms with Crippen LogP contribution in [0.5, 0.6) is 0 Å². The van der Waals surface area contributed by atoms with Crippen LogP contribution in [0.15, 0.2) is 38.4 Å². The number of amides is 1. The Balaban J connectivity index is 1.58. The largest absolute Gasteiger partial charge is 0.444 e. The van der Waals surface area contributed by atoms with Crippen molar-refractivity contribution in [2.45, 2.75) is 39.2 Å². The molecule has 0 atom stereocenters. The minimum Gasteiger partial charge on any atom is -0.444 e. The first-order chi connectivity index (χ1) is 11.9. The summed E-state index contributed by atoms with van der Waals surface area (Å²) in [6.45, 7) is 6.05. The number of carbonyl (C=O) groups is 1. The predicted molar refractivity (Wildman–Crippen MR) is 97.6 cm³/mol. The van der Waals surface area contributed by atoms with Gasteiger partial charge in [0, 0.05) is 25.7 Å². The van der Waals surface area contributed by atoms with Gasteiger partial charge in [0.1, 0.15) is 0 Å². The average molecular weight is 408 g/mol. The molecule has 3 rings (SSSR count). The summed E-state index contributed by atoms with van der Waals surface area (Å²) in [5, 5.41) is 0. The van der Waals surface area contributed by atoms with E-state index < -0.39 is 0 Å². The fraction of sp³-hybridized carbons (Fsp3) is 0.500. The third-order valence-electron chi connectivity index (χ3n) is 4.63. The first kappa shape index (κ1) is 17.9. The summed E-state index contributed by atoms with van der Waals surface area (Å²) in [6.07, 6.45) is 3.38. The standard InChI is InChI=1S/C18H22BrN3O3/c1-12(2)14-9-17(23)22(11-20-14)10-13-5-7-21(8-6-13)18(24)15-3-4-16(19)25-15/h3-4,9,11-13H,5-8,10H2,1-2H3. The van der Waals surface area contributed by atoms with Crippen molar-refractivity contribution in [2.75, 3.05) is 13.1 Å². The Kier molecular flexibility index (Phi) is 5.42. The minimum absolute atomic E-state index is 0.00218. The Morgan fingerprint density at radius 1 is 1.36 bits per heavy atom. The van der Waals surface area contributed by atoms with E-state index >= 15 is 0 Å². The van der Waals surface area contributed by atoms with Crippen molar-refractivity contribution in [1.82, 2.24) is 14.5 Å². The summed E-state index contributed by atoms with van der Waals surface area (Å²) >= 11 is 3.22. The number of carbonyl (C=O) groups excluding carboxylic acids is 1. The highest BCUT2D eigenvalue weighted by Crippen LogP contribution is 2.22. The van der Waals surface area contributed by atoms with Gasteiger partial charge in [0.15, 0.2) is 10.4 Å². The minimum atomic E-state index is -0.0794. The molecule has 1 saturated heterocycles. The zero-order valence-corrected chi connectivity index (χ0v) is 16.0. The van der Waals surface area contributed by atoms with Crippen LogP contribution in [0.1, 0.15) is 48.9 Å². The Hall–Kier alpha value is -1.89. The van der Waals surface area contributed by atoms with Crippen LogP contribution in [0.4, 0.5) is 0 Å². The maximum Gasteiger partial charge on any atom is 0.289 e. The van der Waals surface area contributed by atoms with Crippen molar-refractivity contribution in [2.24, 2.45) is 5.92 Å². The van der Waals surface area contributed by atoms with Crippen molar-refractivity contribution in [1.29, 1.82) is 0 Å². The molecular formula is C18H22BrN3O3. The molecule has 0 bridgehead atoms. The second-order valence-electron chi connectivity index (χ2n) is 6.80. The summed E-state index contributed by atoms with van der Waals surface area (Å²) in [7, 11) is 0. The molecule has 0 N–H and O–H groups in total. The van der Waals surface area contributed by atoms with Crippen molar-refractivity contribution in [3.63, 3.8) is 0 Å². The van der Waals surface area contributed by atoms with Gasteiger partial charge in [0.25, 0.3) is 11.5 Å². The van der Waals surface area contributed by atoms with E-state index in [9.17, 15) is 9.59 Å². The summed E-state index contributed by atoms with van der Waals surface area (Å²) in [4.78, 5) is 30.8.